The minimum absolute atomic E-state index is 0.140. The molecule has 1 aromatic rings. The van der Waals surface area contributed by atoms with Gasteiger partial charge in [-0.05, 0) is 38.5 Å². The zero-order chi connectivity index (χ0) is 17.8. The Hall–Kier alpha value is -2.08. The van der Waals surface area contributed by atoms with E-state index in [1.165, 1.54) is 0 Å². The number of hydrogen-bond donors (Lipinski definition) is 0. The molecule has 6 heteroatoms. The Morgan fingerprint density at radius 3 is 2.76 bits per heavy atom. The highest BCUT2D eigenvalue weighted by Gasteiger charge is 2.26. The molecule has 1 saturated heterocycles. The number of pyridine rings is 1. The van der Waals surface area contributed by atoms with Crippen LogP contribution in [-0.4, -0.2) is 61.3 Å². The van der Waals surface area contributed by atoms with E-state index in [0.717, 1.165) is 50.7 Å². The van der Waals surface area contributed by atoms with Gasteiger partial charge in [-0.1, -0.05) is 0 Å². The largest absolute Gasteiger partial charge is 0.501 e. The first-order chi connectivity index (χ1) is 12.0. The van der Waals surface area contributed by atoms with Crippen LogP contribution in [0.15, 0.2) is 24.6 Å². The van der Waals surface area contributed by atoms with Gasteiger partial charge in [-0.3, -0.25) is 4.90 Å². The van der Waals surface area contributed by atoms with E-state index in [2.05, 4.69) is 20.9 Å². The maximum Gasteiger partial charge on any atom is 0.342 e. The van der Waals surface area contributed by atoms with E-state index in [1.54, 1.807) is 12.5 Å². The molecule has 1 fully saturated rings. The molecule has 0 amide bonds. The molecule has 0 aromatic carbocycles. The van der Waals surface area contributed by atoms with Crippen LogP contribution in [0.1, 0.15) is 29.8 Å². The summed E-state index contributed by atoms with van der Waals surface area (Å²) in [6, 6.07) is 1.86. The number of aryl methyl sites for hydroxylation is 1. The molecule has 25 heavy (non-hydrogen) atoms. The smallest absolute Gasteiger partial charge is 0.342 e. The van der Waals surface area contributed by atoms with Crippen molar-refractivity contribution in [1.82, 2.24) is 9.88 Å². The SMILES string of the molecule is Cc1ccnc(N2CCN(CC3C=COC3)CC2)c1C(=O)OC(C)C. The maximum absolute atomic E-state index is 12.5. The molecule has 2 aliphatic heterocycles. The Balaban J connectivity index is 1.67. The van der Waals surface area contributed by atoms with Crippen molar-refractivity contribution >= 4 is 11.8 Å². The van der Waals surface area contributed by atoms with Crippen LogP contribution in [0.25, 0.3) is 0 Å². The maximum atomic E-state index is 12.5. The highest BCUT2D eigenvalue weighted by Crippen LogP contribution is 2.24. The Morgan fingerprint density at radius 2 is 2.12 bits per heavy atom. The second-order valence-electron chi connectivity index (χ2n) is 6.99. The number of carbonyl (C=O) groups is 1. The van der Waals surface area contributed by atoms with Gasteiger partial charge in [-0.2, -0.15) is 0 Å². The summed E-state index contributed by atoms with van der Waals surface area (Å²) in [5, 5.41) is 0. The fourth-order valence-electron chi connectivity index (χ4n) is 3.30. The fourth-order valence-corrected chi connectivity index (χ4v) is 3.30. The monoisotopic (exact) mass is 345 g/mol. The lowest BCUT2D eigenvalue weighted by molar-refractivity contribution is 0.0377. The first kappa shape index (κ1) is 17.7. The molecular weight excluding hydrogens is 318 g/mol. The highest BCUT2D eigenvalue weighted by molar-refractivity contribution is 5.96. The van der Waals surface area contributed by atoms with Crippen LogP contribution in [0.5, 0.6) is 0 Å². The van der Waals surface area contributed by atoms with Gasteiger partial charge in [0.2, 0.25) is 0 Å². The molecule has 0 aliphatic carbocycles. The van der Waals surface area contributed by atoms with Crippen LogP contribution in [0.4, 0.5) is 5.82 Å². The summed E-state index contributed by atoms with van der Waals surface area (Å²) in [4.78, 5) is 21.7. The molecule has 0 N–H and O–H groups in total. The molecule has 136 valence electrons. The highest BCUT2D eigenvalue weighted by atomic mass is 16.5. The van der Waals surface area contributed by atoms with E-state index >= 15 is 0 Å². The number of rotatable bonds is 5. The van der Waals surface area contributed by atoms with E-state index in [1.807, 2.05) is 26.8 Å². The predicted octanol–water partition coefficient (Wildman–Crippen LogP) is 2.24. The lowest BCUT2D eigenvalue weighted by Crippen LogP contribution is -2.48. The number of carbonyl (C=O) groups excluding carboxylic acids is 1. The van der Waals surface area contributed by atoms with Crippen molar-refractivity contribution in [3.8, 4) is 0 Å². The molecule has 2 aliphatic rings. The number of hydrogen-bond acceptors (Lipinski definition) is 6. The fraction of sp³-hybridized carbons (Fsp3) is 0.579. The van der Waals surface area contributed by atoms with Crippen LogP contribution >= 0.6 is 0 Å². The first-order valence-electron chi connectivity index (χ1n) is 8.96. The van der Waals surface area contributed by atoms with Crippen molar-refractivity contribution in [3.05, 3.63) is 35.7 Å². The summed E-state index contributed by atoms with van der Waals surface area (Å²) in [5.74, 6) is 0.945. The number of anilines is 1. The number of aromatic nitrogens is 1. The van der Waals surface area contributed by atoms with E-state index in [9.17, 15) is 4.79 Å². The van der Waals surface area contributed by atoms with Crippen molar-refractivity contribution in [2.45, 2.75) is 26.9 Å². The first-order valence-corrected chi connectivity index (χ1v) is 8.96. The van der Waals surface area contributed by atoms with Crippen LogP contribution < -0.4 is 4.90 Å². The van der Waals surface area contributed by atoms with E-state index in [0.29, 0.717) is 11.5 Å². The molecule has 0 bridgehead atoms. The molecule has 0 spiro atoms. The third-order valence-corrected chi connectivity index (χ3v) is 4.61. The van der Waals surface area contributed by atoms with Gasteiger partial charge in [0, 0.05) is 44.8 Å². The Labute approximate surface area is 149 Å². The van der Waals surface area contributed by atoms with Crippen LogP contribution in [0.3, 0.4) is 0 Å². The van der Waals surface area contributed by atoms with Crippen molar-refractivity contribution in [3.63, 3.8) is 0 Å². The van der Waals surface area contributed by atoms with Gasteiger partial charge in [0.25, 0.3) is 0 Å². The molecule has 0 radical (unpaired) electrons. The van der Waals surface area contributed by atoms with Crippen molar-refractivity contribution in [2.24, 2.45) is 5.92 Å². The molecule has 1 aromatic heterocycles. The number of piperazine rings is 1. The predicted molar refractivity (Wildman–Crippen MR) is 96.8 cm³/mol. The molecule has 0 saturated carbocycles. The van der Waals surface area contributed by atoms with Crippen molar-refractivity contribution in [1.29, 1.82) is 0 Å². The number of esters is 1. The summed E-state index contributed by atoms with van der Waals surface area (Å²) in [6.07, 6.45) is 5.56. The van der Waals surface area contributed by atoms with Gasteiger partial charge in [-0.25, -0.2) is 9.78 Å². The van der Waals surface area contributed by atoms with Gasteiger partial charge >= 0.3 is 5.97 Å². The summed E-state index contributed by atoms with van der Waals surface area (Å²) in [6.45, 7) is 11.1. The van der Waals surface area contributed by atoms with Crippen molar-refractivity contribution < 1.29 is 14.3 Å². The average Bonchev–Trinajstić information content (AvgIpc) is 3.07. The topological polar surface area (TPSA) is 54.9 Å². The second kappa shape index (κ2) is 7.87. The van der Waals surface area contributed by atoms with Gasteiger partial charge in [-0.15, -0.1) is 0 Å². The quantitative estimate of drug-likeness (QED) is 0.763. The van der Waals surface area contributed by atoms with Gasteiger partial charge in [0.1, 0.15) is 11.4 Å². The lowest BCUT2D eigenvalue weighted by atomic mass is 10.1. The molecule has 6 nitrogen and oxygen atoms in total. The molecule has 1 atom stereocenters. The van der Waals surface area contributed by atoms with Crippen LogP contribution in [0, 0.1) is 12.8 Å². The standard InChI is InChI=1S/C19H27N3O3/c1-14(2)25-19(23)17-15(3)4-6-20-18(17)22-9-7-21(8-10-22)12-16-5-11-24-13-16/h4-6,11,14,16H,7-10,12-13H2,1-3H3. The molecule has 3 heterocycles. The van der Waals surface area contributed by atoms with E-state index < -0.39 is 0 Å². The van der Waals surface area contributed by atoms with E-state index in [4.69, 9.17) is 9.47 Å². The third-order valence-electron chi connectivity index (χ3n) is 4.61. The average molecular weight is 345 g/mol. The van der Waals surface area contributed by atoms with Crippen molar-refractivity contribution in [2.75, 3.05) is 44.2 Å². The number of ether oxygens (including phenoxy) is 2. The summed E-state index contributed by atoms with van der Waals surface area (Å²) in [5.41, 5.74) is 1.50. The van der Waals surface area contributed by atoms with Crippen LogP contribution in [0.2, 0.25) is 0 Å². The minimum Gasteiger partial charge on any atom is -0.501 e. The summed E-state index contributed by atoms with van der Waals surface area (Å²) >= 11 is 0. The zero-order valence-electron chi connectivity index (χ0n) is 15.3. The lowest BCUT2D eigenvalue weighted by Gasteiger charge is -2.36. The normalized spacial score (nSPS) is 20.8. The third kappa shape index (κ3) is 4.31. The van der Waals surface area contributed by atoms with Gasteiger partial charge < -0.3 is 14.4 Å². The Bertz CT molecular complexity index is 637. The van der Waals surface area contributed by atoms with Crippen LogP contribution in [-0.2, 0) is 9.47 Å². The summed E-state index contributed by atoms with van der Waals surface area (Å²) < 4.78 is 10.7. The van der Waals surface area contributed by atoms with Gasteiger partial charge in [0.15, 0.2) is 0 Å². The number of nitrogens with zero attached hydrogens (tertiary/aromatic N) is 3. The summed E-state index contributed by atoms with van der Waals surface area (Å²) in [7, 11) is 0. The zero-order valence-corrected chi connectivity index (χ0v) is 15.3. The minimum atomic E-state index is -0.286. The second-order valence-corrected chi connectivity index (χ2v) is 6.99. The Morgan fingerprint density at radius 1 is 1.36 bits per heavy atom. The molecule has 3 rings (SSSR count). The van der Waals surface area contributed by atoms with Gasteiger partial charge in [0.05, 0.1) is 19.0 Å². The molecular formula is C19H27N3O3. The molecule has 1 unspecified atom stereocenters. The van der Waals surface area contributed by atoms with E-state index in [-0.39, 0.29) is 12.1 Å². The Kier molecular flexibility index (Phi) is 5.58.